The minimum absolute atomic E-state index is 0.0664. The van der Waals surface area contributed by atoms with Gasteiger partial charge in [-0.25, -0.2) is 0 Å². The van der Waals surface area contributed by atoms with Crippen molar-refractivity contribution in [2.45, 2.75) is 20.3 Å². The summed E-state index contributed by atoms with van der Waals surface area (Å²) in [4.78, 5) is 15.7. The number of H-pyrrole nitrogens is 1. The second-order valence-corrected chi connectivity index (χ2v) is 5.75. The SMILES string of the molecule is C/C(Cl)=C\Cc1c(C)[nH]c2ccc(Br)cc2c1=O. The van der Waals surface area contributed by atoms with Crippen LogP contribution in [0.25, 0.3) is 10.9 Å². The Balaban J connectivity index is 2.67. The molecule has 0 saturated heterocycles. The molecule has 0 saturated carbocycles. The van der Waals surface area contributed by atoms with Gasteiger partial charge in [-0.3, -0.25) is 4.79 Å². The van der Waals surface area contributed by atoms with E-state index < -0.39 is 0 Å². The van der Waals surface area contributed by atoms with E-state index >= 15 is 0 Å². The van der Waals surface area contributed by atoms with Gasteiger partial charge in [0.25, 0.3) is 0 Å². The molecule has 0 spiro atoms. The summed E-state index contributed by atoms with van der Waals surface area (Å²) < 4.78 is 0.902. The van der Waals surface area contributed by atoms with E-state index in [0.29, 0.717) is 16.8 Å². The van der Waals surface area contributed by atoms with E-state index in [0.717, 1.165) is 21.2 Å². The van der Waals surface area contributed by atoms with Crippen LogP contribution < -0.4 is 5.43 Å². The Kier molecular flexibility index (Phi) is 3.93. The molecule has 0 aliphatic rings. The molecule has 0 fully saturated rings. The molecule has 2 aromatic rings. The normalized spacial score (nSPS) is 12.1. The maximum atomic E-state index is 12.4. The first-order valence-electron chi connectivity index (χ1n) is 5.62. The highest BCUT2D eigenvalue weighted by atomic mass is 79.9. The Labute approximate surface area is 119 Å². The zero-order valence-corrected chi connectivity index (χ0v) is 12.5. The van der Waals surface area contributed by atoms with Gasteiger partial charge in [0.1, 0.15) is 0 Å². The quantitative estimate of drug-likeness (QED) is 0.877. The maximum absolute atomic E-state index is 12.4. The summed E-state index contributed by atoms with van der Waals surface area (Å²) in [6.45, 7) is 3.72. The van der Waals surface area contributed by atoms with Gasteiger partial charge in [-0.05, 0) is 38.5 Å². The Hall–Kier alpha value is -1.06. The van der Waals surface area contributed by atoms with Crippen LogP contribution in [0.2, 0.25) is 0 Å². The number of fused-ring (bicyclic) bond motifs is 1. The molecule has 0 radical (unpaired) electrons. The van der Waals surface area contributed by atoms with Crippen LogP contribution in [0.4, 0.5) is 0 Å². The predicted molar refractivity (Wildman–Crippen MR) is 80.3 cm³/mol. The van der Waals surface area contributed by atoms with Crippen LogP contribution in [-0.4, -0.2) is 4.98 Å². The monoisotopic (exact) mass is 325 g/mol. The molecule has 0 unspecified atom stereocenters. The van der Waals surface area contributed by atoms with Gasteiger partial charge < -0.3 is 4.98 Å². The first-order chi connectivity index (χ1) is 8.49. The van der Waals surface area contributed by atoms with Gasteiger partial charge in [0, 0.05) is 31.7 Å². The van der Waals surface area contributed by atoms with E-state index in [-0.39, 0.29) is 5.43 Å². The number of benzene rings is 1. The van der Waals surface area contributed by atoms with Crippen molar-refractivity contribution < 1.29 is 0 Å². The summed E-state index contributed by atoms with van der Waals surface area (Å²) in [5, 5.41) is 1.40. The first kappa shape index (κ1) is 13.4. The number of aromatic amines is 1. The largest absolute Gasteiger partial charge is 0.358 e. The maximum Gasteiger partial charge on any atom is 0.193 e. The third-order valence-electron chi connectivity index (χ3n) is 2.86. The highest BCUT2D eigenvalue weighted by Crippen LogP contribution is 2.17. The van der Waals surface area contributed by atoms with Crippen molar-refractivity contribution in [1.82, 2.24) is 4.98 Å². The van der Waals surface area contributed by atoms with Crippen LogP contribution in [0, 0.1) is 6.92 Å². The fourth-order valence-electron chi connectivity index (χ4n) is 1.91. The number of allylic oxidation sites excluding steroid dienone is 2. The molecule has 0 bridgehead atoms. The molecule has 1 heterocycles. The topological polar surface area (TPSA) is 32.9 Å². The Morgan fingerprint density at radius 2 is 2.22 bits per heavy atom. The molecule has 2 rings (SSSR count). The number of hydrogen-bond acceptors (Lipinski definition) is 1. The summed E-state index contributed by atoms with van der Waals surface area (Å²) >= 11 is 9.20. The number of hydrogen-bond donors (Lipinski definition) is 1. The average molecular weight is 327 g/mol. The summed E-state index contributed by atoms with van der Waals surface area (Å²) in [5.41, 5.74) is 2.58. The van der Waals surface area contributed by atoms with E-state index in [9.17, 15) is 4.79 Å². The lowest BCUT2D eigenvalue weighted by molar-refractivity contribution is 1.11. The van der Waals surface area contributed by atoms with Crippen LogP contribution in [-0.2, 0) is 6.42 Å². The fraction of sp³-hybridized carbons (Fsp3) is 0.214. The highest BCUT2D eigenvalue weighted by molar-refractivity contribution is 9.10. The third kappa shape index (κ3) is 2.68. The van der Waals surface area contributed by atoms with Crippen LogP contribution in [0.15, 0.2) is 38.6 Å². The van der Waals surface area contributed by atoms with Crippen LogP contribution in [0.5, 0.6) is 0 Å². The summed E-state index contributed by atoms with van der Waals surface area (Å²) in [6, 6.07) is 5.66. The number of nitrogens with one attached hydrogen (secondary N) is 1. The summed E-state index contributed by atoms with van der Waals surface area (Å²) in [7, 11) is 0. The molecule has 1 aromatic carbocycles. The third-order valence-corrected chi connectivity index (χ3v) is 3.51. The zero-order valence-electron chi connectivity index (χ0n) is 10.2. The lowest BCUT2D eigenvalue weighted by Gasteiger charge is -2.06. The lowest BCUT2D eigenvalue weighted by atomic mass is 10.1. The van der Waals surface area contributed by atoms with Gasteiger partial charge in [0.05, 0.1) is 0 Å². The van der Waals surface area contributed by atoms with Gasteiger partial charge >= 0.3 is 0 Å². The smallest absolute Gasteiger partial charge is 0.193 e. The van der Waals surface area contributed by atoms with Gasteiger partial charge in [0.2, 0.25) is 0 Å². The van der Waals surface area contributed by atoms with Crippen molar-refractivity contribution in [2.75, 3.05) is 0 Å². The molecular formula is C14H13BrClNO. The minimum atomic E-state index is 0.0664. The molecule has 1 aromatic heterocycles. The number of aromatic nitrogens is 1. The zero-order chi connectivity index (χ0) is 13.3. The van der Waals surface area contributed by atoms with E-state index in [1.165, 1.54) is 0 Å². The Morgan fingerprint density at radius 1 is 1.50 bits per heavy atom. The van der Waals surface area contributed by atoms with Gasteiger partial charge in [-0.2, -0.15) is 0 Å². The van der Waals surface area contributed by atoms with Crippen LogP contribution in [0.1, 0.15) is 18.2 Å². The molecule has 0 atom stereocenters. The van der Waals surface area contributed by atoms with E-state index in [1.807, 2.05) is 38.1 Å². The van der Waals surface area contributed by atoms with Crippen molar-refractivity contribution in [3.05, 3.63) is 55.3 Å². The number of rotatable bonds is 2. The molecular weight excluding hydrogens is 314 g/mol. The molecule has 0 aliphatic carbocycles. The summed E-state index contributed by atoms with van der Waals surface area (Å²) in [5.74, 6) is 0. The molecule has 4 heteroatoms. The molecule has 1 N–H and O–H groups in total. The lowest BCUT2D eigenvalue weighted by Crippen LogP contribution is -2.12. The molecule has 18 heavy (non-hydrogen) atoms. The van der Waals surface area contributed by atoms with E-state index in [1.54, 1.807) is 0 Å². The second-order valence-electron chi connectivity index (χ2n) is 4.24. The first-order valence-corrected chi connectivity index (χ1v) is 6.79. The predicted octanol–water partition coefficient (Wildman–Crippen LogP) is 4.28. The summed E-state index contributed by atoms with van der Waals surface area (Å²) in [6.07, 6.45) is 2.40. The van der Waals surface area contributed by atoms with Gasteiger partial charge in [-0.15, -0.1) is 0 Å². The van der Waals surface area contributed by atoms with Crippen LogP contribution >= 0.6 is 27.5 Å². The molecule has 0 amide bonds. The van der Waals surface area contributed by atoms with Crippen molar-refractivity contribution >= 4 is 38.4 Å². The fourth-order valence-corrected chi connectivity index (χ4v) is 2.35. The molecule has 2 nitrogen and oxygen atoms in total. The number of aryl methyl sites for hydroxylation is 1. The highest BCUT2D eigenvalue weighted by Gasteiger charge is 2.08. The van der Waals surface area contributed by atoms with Crippen molar-refractivity contribution in [3.8, 4) is 0 Å². The van der Waals surface area contributed by atoms with E-state index in [4.69, 9.17) is 11.6 Å². The van der Waals surface area contributed by atoms with Gasteiger partial charge in [0.15, 0.2) is 5.43 Å². The minimum Gasteiger partial charge on any atom is -0.358 e. The van der Waals surface area contributed by atoms with Crippen molar-refractivity contribution in [1.29, 1.82) is 0 Å². The average Bonchev–Trinajstić information content (AvgIpc) is 2.30. The standard InChI is InChI=1S/C14H13BrClNO/c1-8(16)3-5-11-9(2)17-13-6-4-10(15)7-12(13)14(11)18/h3-4,6-7H,5H2,1-2H3,(H,17,18)/b8-3+. The van der Waals surface area contributed by atoms with Gasteiger partial charge in [-0.1, -0.05) is 33.6 Å². The Morgan fingerprint density at radius 3 is 2.89 bits per heavy atom. The second kappa shape index (κ2) is 5.29. The Bertz CT molecular complexity index is 684. The van der Waals surface area contributed by atoms with E-state index in [2.05, 4.69) is 20.9 Å². The molecule has 0 aliphatic heterocycles. The number of pyridine rings is 1. The van der Waals surface area contributed by atoms with Crippen LogP contribution in [0.3, 0.4) is 0 Å². The number of halogens is 2. The van der Waals surface area contributed by atoms with Crippen molar-refractivity contribution in [3.63, 3.8) is 0 Å². The molecule has 94 valence electrons. The van der Waals surface area contributed by atoms with Crippen molar-refractivity contribution in [2.24, 2.45) is 0 Å².